The fourth-order valence-electron chi connectivity index (χ4n) is 18.0. The van der Waals surface area contributed by atoms with E-state index in [1.54, 1.807) is 0 Å². The normalized spacial score (nSPS) is 12.5. The van der Waals surface area contributed by atoms with Crippen LogP contribution in [0.4, 0.5) is 68.2 Å². The van der Waals surface area contributed by atoms with Crippen LogP contribution in [-0.2, 0) is 12.8 Å². The van der Waals surface area contributed by atoms with Gasteiger partial charge < -0.3 is 19.6 Å². The first-order chi connectivity index (χ1) is 54.6. The highest BCUT2D eigenvalue weighted by atomic mass is 15.2. The molecular weight excluding hydrogens is 1330 g/mol. The molecule has 0 unspecified atom stereocenters. The Morgan fingerprint density at radius 1 is 0.182 bits per heavy atom. The van der Waals surface area contributed by atoms with Gasteiger partial charge in [-0.1, -0.05) is 303 Å². The molecule has 0 atom stereocenters. The van der Waals surface area contributed by atoms with Crippen molar-refractivity contribution >= 4 is 167 Å². The van der Waals surface area contributed by atoms with Gasteiger partial charge in [-0.25, -0.2) is 0 Å². The molecule has 2 aliphatic rings. The molecule has 4 nitrogen and oxygen atoms in total. The second-order valence-corrected chi connectivity index (χ2v) is 29.2. The van der Waals surface area contributed by atoms with Gasteiger partial charge in [0.05, 0.1) is 34.1 Å². The van der Waals surface area contributed by atoms with E-state index in [1.165, 1.54) is 98.3 Å². The Labute approximate surface area is 640 Å². The van der Waals surface area contributed by atoms with Crippen LogP contribution in [0, 0.1) is 0 Å². The Kier molecular flexibility index (Phi) is 15.8. The zero-order valence-corrected chi connectivity index (χ0v) is 60.7. The Hall–Kier alpha value is -14.1. The van der Waals surface area contributed by atoms with Crippen molar-refractivity contribution in [2.45, 2.75) is 25.7 Å². The minimum absolute atomic E-state index is 0.933. The van der Waals surface area contributed by atoms with Crippen LogP contribution in [0.25, 0.3) is 121 Å². The molecule has 4 heteroatoms. The molecule has 0 fully saturated rings. The number of nitrogens with zero attached hydrogens (tertiary/aromatic N) is 4. The van der Waals surface area contributed by atoms with Gasteiger partial charge in [-0.3, -0.25) is 0 Å². The molecular formula is C106H74N4. The third kappa shape index (κ3) is 11.0. The second kappa shape index (κ2) is 27.1. The van der Waals surface area contributed by atoms with Gasteiger partial charge >= 0.3 is 0 Å². The van der Waals surface area contributed by atoms with E-state index < -0.39 is 0 Å². The molecule has 0 aliphatic heterocycles. The molecule has 21 rings (SSSR count). The molecule has 0 heterocycles. The predicted molar refractivity (Wildman–Crippen MR) is 471 cm³/mol. The van der Waals surface area contributed by atoms with Gasteiger partial charge in [0.25, 0.3) is 0 Å². The van der Waals surface area contributed by atoms with E-state index in [1.807, 2.05) is 0 Å². The van der Waals surface area contributed by atoms with Crippen molar-refractivity contribution in [1.29, 1.82) is 0 Å². The number of hydrogen-bond acceptors (Lipinski definition) is 4. The molecule has 518 valence electrons. The van der Waals surface area contributed by atoms with Crippen molar-refractivity contribution < 1.29 is 0 Å². The highest BCUT2D eigenvalue weighted by Gasteiger charge is 2.29. The number of allylic oxidation sites excluding steroid dienone is 2. The summed E-state index contributed by atoms with van der Waals surface area (Å²) >= 11 is 0. The number of anilines is 12. The van der Waals surface area contributed by atoms with E-state index in [9.17, 15) is 0 Å². The second-order valence-electron chi connectivity index (χ2n) is 29.2. The Bertz CT molecular complexity index is 6760. The summed E-state index contributed by atoms with van der Waals surface area (Å²) in [4.78, 5) is 10.1. The summed E-state index contributed by atoms with van der Waals surface area (Å²) in [7, 11) is 0. The van der Waals surface area contributed by atoms with Crippen LogP contribution < -0.4 is 19.6 Å². The van der Waals surface area contributed by atoms with Crippen molar-refractivity contribution in [2.75, 3.05) is 19.6 Å². The Balaban J connectivity index is 0.866. The van der Waals surface area contributed by atoms with Gasteiger partial charge in [0.2, 0.25) is 0 Å². The largest absolute Gasteiger partial charge is 0.310 e. The minimum Gasteiger partial charge on any atom is -0.310 e. The summed E-state index contributed by atoms with van der Waals surface area (Å²) < 4.78 is 0. The average Bonchev–Trinajstić information content (AvgIpc) is 0.716. The first-order valence-corrected chi connectivity index (χ1v) is 38.5. The van der Waals surface area contributed by atoms with Gasteiger partial charge in [-0.2, -0.15) is 0 Å². The maximum atomic E-state index is 2.57. The smallest absolute Gasteiger partial charge is 0.0540 e. The van der Waals surface area contributed by atoms with Crippen molar-refractivity contribution in [2.24, 2.45) is 0 Å². The first kappa shape index (κ1) is 64.3. The maximum absolute atomic E-state index is 2.57. The van der Waals surface area contributed by atoms with E-state index >= 15 is 0 Å². The number of hydrogen-bond donors (Lipinski definition) is 0. The molecule has 0 bridgehead atoms. The SMILES string of the molecule is C1=Cc2cccc(N(c3ccc(-c4c5cc(N(c6cccc7c6CCC=C7)c6cccc7ccccc67)ccc5c(-c5ccc(N(c6cccc7ccccc67)c6cccc7ccccc67)cc5)c5ccc(N(c6cccc7ccccc67)c6cccc7ccccc67)cc45)cc3)c3cccc4ccccc34)c2CC1. The topological polar surface area (TPSA) is 13.0 Å². The summed E-state index contributed by atoms with van der Waals surface area (Å²) in [5, 5.41) is 18.8. The quantitative estimate of drug-likeness (QED) is 0.101. The fourth-order valence-corrected chi connectivity index (χ4v) is 18.0. The first-order valence-electron chi connectivity index (χ1n) is 38.5. The lowest BCUT2D eigenvalue weighted by molar-refractivity contribution is 0.980. The van der Waals surface area contributed by atoms with Crippen LogP contribution in [0.3, 0.4) is 0 Å². The molecule has 0 radical (unpaired) electrons. The molecule has 2 aliphatic carbocycles. The predicted octanol–water partition coefficient (Wildman–Crippen LogP) is 30.0. The van der Waals surface area contributed by atoms with E-state index in [-0.39, 0.29) is 0 Å². The Morgan fingerprint density at radius 2 is 0.427 bits per heavy atom. The maximum Gasteiger partial charge on any atom is 0.0540 e. The van der Waals surface area contributed by atoms with Gasteiger partial charge in [0.1, 0.15) is 0 Å². The standard InChI is InChI=1S/C106H74N4/c1-9-41-85-71(25-1)33-17-49-97(85)107(98-50-18-34-72-26-2-10-42-86(72)98)81-61-57-79(58-62-81)105-93-67-65-83(109(101-53-21-37-75-29-5-13-45-89(75)101)102-54-22-38-76-30-6-14-46-90(76)102)69-95(93)106(80-59-63-82(64-60-80)108(99-51-19-35-73-27-3-11-43-87(73)99)100-52-20-36-74-28-4-12-44-88(74)100)96-70-84(66-68-94(96)105)110(103-55-23-39-77-31-7-15-47-91(77)103)104-56-24-40-78-32-8-16-48-92(78)104/h1-11,13-15,17-43,45-47,49-70H,12,16,44,48H2. The molecule has 0 N–H and O–H groups in total. The summed E-state index contributed by atoms with van der Waals surface area (Å²) in [5.41, 5.74) is 23.1. The number of fused-ring (bicyclic) bond motifs is 10. The van der Waals surface area contributed by atoms with Gasteiger partial charge in [0.15, 0.2) is 0 Å². The molecule has 0 amide bonds. The molecule has 0 saturated carbocycles. The molecule has 19 aromatic rings. The van der Waals surface area contributed by atoms with E-state index in [2.05, 4.69) is 420 Å². The Morgan fingerprint density at radius 3 is 0.755 bits per heavy atom. The lowest BCUT2D eigenvalue weighted by atomic mass is 9.85. The molecule has 0 aromatic heterocycles. The average molecular weight is 1400 g/mol. The van der Waals surface area contributed by atoms with E-state index in [0.29, 0.717) is 0 Å². The summed E-state index contributed by atoms with van der Waals surface area (Å²) in [6, 6.07) is 141. The van der Waals surface area contributed by atoms with Crippen LogP contribution in [0.5, 0.6) is 0 Å². The molecule has 110 heavy (non-hydrogen) atoms. The number of rotatable bonds is 14. The molecule has 19 aromatic carbocycles. The summed E-state index contributed by atoms with van der Waals surface area (Å²) in [6.45, 7) is 0. The minimum atomic E-state index is 0.933. The monoisotopic (exact) mass is 1400 g/mol. The van der Waals surface area contributed by atoms with Gasteiger partial charge in [-0.05, 0) is 221 Å². The highest BCUT2D eigenvalue weighted by Crippen LogP contribution is 2.53. The van der Waals surface area contributed by atoms with Crippen LogP contribution in [0.2, 0.25) is 0 Å². The van der Waals surface area contributed by atoms with Crippen molar-refractivity contribution in [3.63, 3.8) is 0 Å². The lowest BCUT2D eigenvalue weighted by Gasteiger charge is -2.31. The zero-order valence-electron chi connectivity index (χ0n) is 60.7. The van der Waals surface area contributed by atoms with E-state index in [4.69, 9.17) is 0 Å². The summed E-state index contributed by atoms with van der Waals surface area (Å²) in [6.07, 6.45) is 13.1. The van der Waals surface area contributed by atoms with Crippen molar-refractivity contribution in [3.05, 3.63) is 411 Å². The third-order valence-electron chi connectivity index (χ3n) is 23.0. The van der Waals surface area contributed by atoms with Crippen LogP contribution >= 0.6 is 0 Å². The van der Waals surface area contributed by atoms with Crippen LogP contribution in [0.1, 0.15) is 35.1 Å². The molecule has 0 spiro atoms. The van der Waals surface area contributed by atoms with Crippen LogP contribution in [-0.4, -0.2) is 0 Å². The lowest BCUT2D eigenvalue weighted by Crippen LogP contribution is -2.14. The van der Waals surface area contributed by atoms with Gasteiger partial charge in [0, 0.05) is 66.4 Å². The molecule has 0 saturated heterocycles. The van der Waals surface area contributed by atoms with Crippen molar-refractivity contribution in [1.82, 2.24) is 0 Å². The number of benzene rings is 19. The van der Waals surface area contributed by atoms with E-state index in [0.717, 1.165) is 126 Å². The zero-order chi connectivity index (χ0) is 72.6. The van der Waals surface area contributed by atoms with Gasteiger partial charge in [-0.15, -0.1) is 0 Å². The third-order valence-corrected chi connectivity index (χ3v) is 23.0. The highest BCUT2D eigenvalue weighted by molar-refractivity contribution is 6.24. The van der Waals surface area contributed by atoms with Crippen LogP contribution in [0.15, 0.2) is 388 Å². The fraction of sp³-hybridized carbons (Fsp3) is 0.0377. The summed E-state index contributed by atoms with van der Waals surface area (Å²) in [5.74, 6) is 0. The van der Waals surface area contributed by atoms with Crippen molar-refractivity contribution in [3.8, 4) is 22.3 Å².